The highest BCUT2D eigenvalue weighted by molar-refractivity contribution is 7.99. The maximum absolute atomic E-state index is 13.4. The van der Waals surface area contributed by atoms with Crippen molar-refractivity contribution >= 4 is 58.7 Å². The first-order valence-corrected chi connectivity index (χ1v) is 13.6. The number of aryl methyl sites for hydroxylation is 1. The van der Waals surface area contributed by atoms with E-state index in [1.54, 1.807) is 37.3 Å². The van der Waals surface area contributed by atoms with Crippen LogP contribution >= 0.6 is 23.4 Å². The molecule has 1 fully saturated rings. The summed E-state index contributed by atoms with van der Waals surface area (Å²) in [5.41, 5.74) is 3.93. The van der Waals surface area contributed by atoms with Crippen LogP contribution in [0.5, 0.6) is 0 Å². The lowest BCUT2D eigenvalue weighted by Crippen LogP contribution is -2.54. The van der Waals surface area contributed by atoms with E-state index >= 15 is 0 Å². The second-order valence-electron chi connectivity index (χ2n) is 9.35. The number of anilines is 1. The van der Waals surface area contributed by atoms with Crippen LogP contribution in [-0.2, 0) is 9.59 Å². The fraction of sp³-hybridized carbons (Fsp3) is 0.100. The van der Waals surface area contributed by atoms with E-state index in [0.29, 0.717) is 21.8 Å². The van der Waals surface area contributed by atoms with Crippen molar-refractivity contribution in [2.24, 2.45) is 0 Å². The van der Waals surface area contributed by atoms with Gasteiger partial charge in [0, 0.05) is 44.0 Å². The number of hydrogen-bond donors (Lipinski definition) is 1. The quantitative estimate of drug-likeness (QED) is 0.115. The number of carbonyl (C=O) groups is 3. The Balaban J connectivity index is 1.42. The number of barbiturate groups is 1. The number of amides is 4. The molecule has 0 saturated carbocycles. The van der Waals surface area contributed by atoms with Crippen LogP contribution in [0.1, 0.15) is 22.5 Å². The summed E-state index contributed by atoms with van der Waals surface area (Å²) in [5, 5.41) is 13.5. The van der Waals surface area contributed by atoms with Gasteiger partial charge in [0.1, 0.15) is 5.57 Å². The first-order chi connectivity index (χ1) is 19.5. The van der Waals surface area contributed by atoms with Crippen molar-refractivity contribution in [2.45, 2.75) is 30.6 Å². The summed E-state index contributed by atoms with van der Waals surface area (Å²) in [5.74, 6) is -1.50. The molecule has 1 N–H and O–H groups in total. The van der Waals surface area contributed by atoms with E-state index in [4.69, 9.17) is 11.6 Å². The number of carbonyl (C=O) groups excluding carboxylic acids is 3. The molecule has 0 atom stereocenters. The molecule has 11 heteroatoms. The maximum atomic E-state index is 13.4. The van der Waals surface area contributed by atoms with Crippen molar-refractivity contribution < 1.29 is 19.3 Å². The summed E-state index contributed by atoms with van der Waals surface area (Å²) in [6.07, 6.45) is 1.49. The Morgan fingerprint density at radius 2 is 1.56 bits per heavy atom. The molecule has 5 rings (SSSR count). The molecule has 0 radical (unpaired) electrons. The molecule has 0 unspecified atom stereocenters. The zero-order valence-electron chi connectivity index (χ0n) is 22.2. The van der Waals surface area contributed by atoms with E-state index in [-0.39, 0.29) is 11.3 Å². The van der Waals surface area contributed by atoms with Crippen LogP contribution in [0, 0.1) is 30.9 Å². The molecule has 1 aliphatic rings. The van der Waals surface area contributed by atoms with Crippen molar-refractivity contribution in [3.63, 3.8) is 0 Å². The average Bonchev–Trinajstić information content (AvgIpc) is 3.22. The Labute approximate surface area is 244 Å². The van der Waals surface area contributed by atoms with Crippen molar-refractivity contribution in [3.8, 4) is 5.69 Å². The third-order valence-corrected chi connectivity index (χ3v) is 8.16. The lowest BCUT2D eigenvalue weighted by atomic mass is 10.1. The minimum Gasteiger partial charge on any atom is -0.318 e. The van der Waals surface area contributed by atoms with Crippen molar-refractivity contribution in [3.05, 3.63) is 116 Å². The highest BCUT2D eigenvalue weighted by Crippen LogP contribution is 2.32. The van der Waals surface area contributed by atoms with Gasteiger partial charge in [0.05, 0.1) is 10.6 Å². The Morgan fingerprint density at radius 1 is 0.927 bits per heavy atom. The number of benzene rings is 3. The van der Waals surface area contributed by atoms with Gasteiger partial charge in [-0.1, -0.05) is 29.4 Å². The molecule has 4 aromatic rings. The molecule has 1 saturated heterocycles. The van der Waals surface area contributed by atoms with Crippen molar-refractivity contribution in [1.82, 2.24) is 9.88 Å². The van der Waals surface area contributed by atoms with Crippen LogP contribution in [-0.4, -0.2) is 27.3 Å². The van der Waals surface area contributed by atoms with Crippen molar-refractivity contribution in [2.75, 3.05) is 4.90 Å². The van der Waals surface area contributed by atoms with E-state index in [1.807, 2.05) is 48.7 Å². The van der Waals surface area contributed by atoms with E-state index in [0.717, 1.165) is 31.8 Å². The Hall–Kier alpha value is -4.67. The summed E-state index contributed by atoms with van der Waals surface area (Å²) in [6.45, 7) is 5.50. The molecule has 0 bridgehead atoms. The van der Waals surface area contributed by atoms with Crippen LogP contribution in [0.2, 0.25) is 5.02 Å². The molecule has 0 aliphatic carbocycles. The molecule has 0 spiro atoms. The second kappa shape index (κ2) is 11.1. The number of non-ortho nitro benzene ring substituents is 1. The lowest BCUT2D eigenvalue weighted by molar-refractivity contribution is -0.384. The van der Waals surface area contributed by atoms with Crippen LogP contribution < -0.4 is 10.2 Å². The SMILES string of the molecule is Cc1c(Cl)cccc1N1C(=O)NC(=O)/C(=C\c2cc(C)n(-c3ccc(Sc4ccc([N+](=O)[O-])cc4)cc3)c2C)C1=O. The number of aromatic nitrogens is 1. The zero-order chi connectivity index (χ0) is 29.4. The number of halogens is 1. The molecule has 3 aromatic carbocycles. The number of hydrogen-bond acceptors (Lipinski definition) is 6. The largest absolute Gasteiger partial charge is 0.335 e. The standard InChI is InChI=1S/C30H23ClN4O5S/c1-17-15-20(16-25-28(36)32-30(38)34(29(25)37)27-6-4-5-26(31)18(27)2)19(3)33(17)21-7-11-23(12-8-21)41-24-13-9-22(10-14-24)35(39)40/h4-16H,1-3H3,(H,32,36,38)/b25-16+. The van der Waals surface area contributed by atoms with Gasteiger partial charge in [-0.3, -0.25) is 25.0 Å². The van der Waals surface area contributed by atoms with Crippen LogP contribution in [0.3, 0.4) is 0 Å². The van der Waals surface area contributed by atoms with E-state index < -0.39 is 22.8 Å². The first kappa shape index (κ1) is 27.9. The predicted octanol–water partition coefficient (Wildman–Crippen LogP) is 6.78. The molecule has 1 aliphatic heterocycles. The van der Waals surface area contributed by atoms with Gasteiger partial charge in [-0.05, 0) is 92.6 Å². The summed E-state index contributed by atoms with van der Waals surface area (Å²) in [6, 6.07) is 20.1. The van der Waals surface area contributed by atoms with Gasteiger partial charge in [-0.15, -0.1) is 0 Å². The summed E-state index contributed by atoms with van der Waals surface area (Å²) in [7, 11) is 0. The molecule has 4 amide bonds. The van der Waals surface area contributed by atoms with Gasteiger partial charge < -0.3 is 4.57 Å². The van der Waals surface area contributed by atoms with Crippen molar-refractivity contribution in [1.29, 1.82) is 0 Å². The first-order valence-electron chi connectivity index (χ1n) is 12.4. The zero-order valence-corrected chi connectivity index (χ0v) is 23.7. The maximum Gasteiger partial charge on any atom is 0.335 e. The number of nitrogens with one attached hydrogen (secondary N) is 1. The van der Waals surface area contributed by atoms with Crippen LogP contribution in [0.4, 0.5) is 16.2 Å². The Kier molecular flexibility index (Phi) is 7.53. The summed E-state index contributed by atoms with van der Waals surface area (Å²) >= 11 is 7.70. The molecule has 206 valence electrons. The number of nitrogens with zero attached hydrogens (tertiary/aromatic N) is 3. The van der Waals surface area contributed by atoms with E-state index in [2.05, 4.69) is 5.32 Å². The average molecular weight is 587 g/mol. The van der Waals surface area contributed by atoms with Gasteiger partial charge in [-0.25, -0.2) is 9.69 Å². The van der Waals surface area contributed by atoms with Crippen LogP contribution in [0.25, 0.3) is 11.8 Å². The third kappa shape index (κ3) is 5.39. The minimum atomic E-state index is -0.834. The smallest absolute Gasteiger partial charge is 0.318 e. The summed E-state index contributed by atoms with van der Waals surface area (Å²) < 4.78 is 2.00. The summed E-state index contributed by atoms with van der Waals surface area (Å²) in [4.78, 5) is 52.0. The van der Waals surface area contributed by atoms with Gasteiger partial charge in [-0.2, -0.15) is 0 Å². The fourth-order valence-corrected chi connectivity index (χ4v) is 5.62. The minimum absolute atomic E-state index is 0.0420. The van der Waals surface area contributed by atoms with Gasteiger partial charge >= 0.3 is 6.03 Å². The van der Waals surface area contributed by atoms with Gasteiger partial charge in [0.15, 0.2) is 0 Å². The number of rotatable bonds is 6. The molecule has 2 heterocycles. The molecule has 9 nitrogen and oxygen atoms in total. The van der Waals surface area contributed by atoms with Gasteiger partial charge in [0.2, 0.25) is 0 Å². The van der Waals surface area contributed by atoms with E-state index in [1.165, 1.54) is 30.0 Å². The second-order valence-corrected chi connectivity index (χ2v) is 10.9. The van der Waals surface area contributed by atoms with Crippen LogP contribution in [0.15, 0.2) is 88.2 Å². The number of imide groups is 2. The van der Waals surface area contributed by atoms with Gasteiger partial charge in [0.25, 0.3) is 17.5 Å². The molecule has 41 heavy (non-hydrogen) atoms. The topological polar surface area (TPSA) is 115 Å². The Bertz CT molecular complexity index is 1760. The number of nitro groups is 1. The molecule has 1 aromatic heterocycles. The highest BCUT2D eigenvalue weighted by atomic mass is 35.5. The predicted molar refractivity (Wildman–Crippen MR) is 158 cm³/mol. The fourth-order valence-electron chi connectivity index (χ4n) is 4.64. The number of urea groups is 1. The number of nitro benzene ring substituents is 1. The molecular weight excluding hydrogens is 564 g/mol. The third-order valence-electron chi connectivity index (χ3n) is 6.73. The molecular formula is C30H23ClN4O5S. The highest BCUT2D eigenvalue weighted by Gasteiger charge is 2.37. The Morgan fingerprint density at radius 3 is 2.20 bits per heavy atom. The lowest BCUT2D eigenvalue weighted by Gasteiger charge is -2.27. The normalized spacial score (nSPS) is 14.5. The van der Waals surface area contributed by atoms with E-state index in [9.17, 15) is 24.5 Å². The monoisotopic (exact) mass is 586 g/mol.